The molecule has 0 spiro atoms. The van der Waals surface area contributed by atoms with Crippen molar-refractivity contribution in [1.29, 1.82) is 0 Å². The number of hydrogen-bond donors (Lipinski definition) is 0. The molecule has 0 bridgehead atoms. The molecule has 0 unspecified atom stereocenters. The Morgan fingerprint density at radius 1 is 1.00 bits per heavy atom. The van der Waals surface area contributed by atoms with E-state index in [1.165, 1.54) is 0 Å². The summed E-state index contributed by atoms with van der Waals surface area (Å²) in [5, 5.41) is 0. The predicted octanol–water partition coefficient (Wildman–Crippen LogP) is 1.36. The monoisotopic (exact) mass is 218 g/mol. The highest BCUT2D eigenvalue weighted by Gasteiger charge is 2.30. The van der Waals surface area contributed by atoms with Crippen LogP contribution in [0.1, 0.15) is 13.8 Å². The van der Waals surface area contributed by atoms with E-state index in [1.54, 1.807) is 13.8 Å². The van der Waals surface area contributed by atoms with Crippen LogP contribution in [-0.2, 0) is 13.3 Å². The summed E-state index contributed by atoms with van der Waals surface area (Å²) in [5.74, 6) is 0. The van der Waals surface area contributed by atoms with Crippen LogP contribution in [0.3, 0.4) is 0 Å². The molecule has 0 atom stereocenters. The molecule has 0 amide bonds. The molecule has 0 fully saturated rings. The fourth-order valence-electron chi connectivity index (χ4n) is 0.579. The quantitative estimate of drug-likeness (QED) is 0.630. The van der Waals surface area contributed by atoms with E-state index >= 15 is 0 Å². The molecule has 0 aliphatic heterocycles. The van der Waals surface area contributed by atoms with E-state index in [9.17, 15) is 13.2 Å². The van der Waals surface area contributed by atoms with Gasteiger partial charge < -0.3 is 13.3 Å². The summed E-state index contributed by atoms with van der Waals surface area (Å²) in [6, 6.07) is 0. The van der Waals surface area contributed by atoms with Crippen molar-refractivity contribution in [3.05, 3.63) is 0 Å². The smallest absolute Gasteiger partial charge is 0.376 e. The van der Waals surface area contributed by atoms with E-state index in [-0.39, 0.29) is 0 Å². The molecule has 13 heavy (non-hydrogen) atoms. The third-order valence-corrected chi connectivity index (χ3v) is 2.64. The summed E-state index contributed by atoms with van der Waals surface area (Å²) in [7, 11) is -2.55. The highest BCUT2D eigenvalue weighted by atomic mass is 28.3. The van der Waals surface area contributed by atoms with Crippen molar-refractivity contribution >= 4 is 9.53 Å². The van der Waals surface area contributed by atoms with E-state index in [4.69, 9.17) is 8.85 Å². The van der Waals surface area contributed by atoms with Gasteiger partial charge >= 0.3 is 15.7 Å². The zero-order chi connectivity index (χ0) is 10.3. The van der Waals surface area contributed by atoms with Crippen molar-refractivity contribution in [1.82, 2.24) is 0 Å². The lowest BCUT2D eigenvalue weighted by molar-refractivity contribution is -0.161. The highest BCUT2D eigenvalue weighted by molar-refractivity contribution is 6.36. The Hall–Kier alpha value is -0.113. The number of halogens is 3. The van der Waals surface area contributed by atoms with E-state index in [1.807, 2.05) is 0 Å². The van der Waals surface area contributed by atoms with Gasteiger partial charge in [0.15, 0.2) is 0 Å². The van der Waals surface area contributed by atoms with Crippen molar-refractivity contribution < 1.29 is 26.4 Å². The predicted molar refractivity (Wildman–Crippen MR) is 42.4 cm³/mol. The van der Waals surface area contributed by atoms with Crippen LogP contribution in [0, 0.1) is 0 Å². The maximum absolute atomic E-state index is 11.7. The van der Waals surface area contributed by atoms with E-state index in [2.05, 4.69) is 4.43 Å². The first-order chi connectivity index (χ1) is 5.99. The van der Waals surface area contributed by atoms with Crippen molar-refractivity contribution in [2.24, 2.45) is 0 Å². The number of rotatable bonds is 6. The van der Waals surface area contributed by atoms with Crippen molar-refractivity contribution in [3.63, 3.8) is 0 Å². The van der Waals surface area contributed by atoms with Gasteiger partial charge in [-0.1, -0.05) is 0 Å². The Kier molecular flexibility index (Phi) is 6.30. The van der Waals surface area contributed by atoms with Gasteiger partial charge in [0, 0.05) is 13.2 Å². The molecule has 0 aromatic carbocycles. The average Bonchev–Trinajstić information content (AvgIpc) is 2.00. The van der Waals surface area contributed by atoms with Gasteiger partial charge in [0.1, 0.15) is 6.61 Å². The molecule has 0 N–H and O–H groups in total. The lowest BCUT2D eigenvalue weighted by atomic mass is 10.7. The van der Waals surface area contributed by atoms with Crippen LogP contribution >= 0.6 is 0 Å². The summed E-state index contributed by atoms with van der Waals surface area (Å²) in [4.78, 5) is 0. The van der Waals surface area contributed by atoms with Crippen LogP contribution in [0.2, 0.25) is 0 Å². The average molecular weight is 218 g/mol. The maximum Gasteiger partial charge on any atom is 0.484 e. The Labute approximate surface area is 76.7 Å². The fraction of sp³-hybridized carbons (Fsp3) is 1.00. The van der Waals surface area contributed by atoms with Gasteiger partial charge in [-0.25, -0.2) is 0 Å². The van der Waals surface area contributed by atoms with E-state index in [0.29, 0.717) is 13.2 Å². The molecule has 7 heteroatoms. The summed E-state index contributed by atoms with van der Waals surface area (Å²) >= 11 is 0. The summed E-state index contributed by atoms with van der Waals surface area (Å²) in [6.07, 6.45) is -4.32. The Morgan fingerprint density at radius 3 is 1.77 bits per heavy atom. The third kappa shape index (κ3) is 8.22. The number of hydrogen-bond acceptors (Lipinski definition) is 3. The normalized spacial score (nSPS) is 12.5. The SMILES string of the molecule is CCO[SiH](OCC)OCC(F)(F)F. The van der Waals surface area contributed by atoms with Crippen molar-refractivity contribution in [3.8, 4) is 0 Å². The first-order valence-corrected chi connectivity index (χ1v) is 5.32. The first kappa shape index (κ1) is 12.9. The standard InChI is InChI=1S/C6H13F3O3Si/c1-3-10-13(11-4-2)12-5-6(7,8)9/h13H,3-5H2,1-2H3. The molecule has 0 aromatic rings. The summed E-state index contributed by atoms with van der Waals surface area (Å²) in [6.45, 7) is 2.65. The van der Waals surface area contributed by atoms with E-state index in [0.717, 1.165) is 0 Å². The van der Waals surface area contributed by atoms with Gasteiger partial charge in [-0.05, 0) is 13.8 Å². The molecule has 0 saturated heterocycles. The van der Waals surface area contributed by atoms with Gasteiger partial charge in [0.05, 0.1) is 0 Å². The lowest BCUT2D eigenvalue weighted by Gasteiger charge is -2.15. The van der Waals surface area contributed by atoms with Crippen molar-refractivity contribution in [2.75, 3.05) is 19.8 Å². The molecule has 80 valence electrons. The zero-order valence-electron chi connectivity index (χ0n) is 7.56. The molecule has 0 radical (unpaired) electrons. The fourth-order valence-corrected chi connectivity index (χ4v) is 1.74. The Balaban J connectivity index is 3.68. The van der Waals surface area contributed by atoms with Crippen molar-refractivity contribution in [2.45, 2.75) is 20.0 Å². The molecule has 0 aliphatic carbocycles. The summed E-state index contributed by atoms with van der Waals surface area (Å²) < 4.78 is 49.2. The minimum atomic E-state index is -4.32. The third-order valence-electron chi connectivity index (χ3n) is 0.989. The van der Waals surface area contributed by atoms with Crippen LogP contribution in [0.4, 0.5) is 13.2 Å². The lowest BCUT2D eigenvalue weighted by Crippen LogP contribution is -2.32. The van der Waals surface area contributed by atoms with Gasteiger partial charge in [0.2, 0.25) is 0 Å². The number of alkyl halides is 3. The second kappa shape index (κ2) is 6.36. The first-order valence-electron chi connectivity index (χ1n) is 3.91. The molecular weight excluding hydrogens is 205 g/mol. The molecule has 0 rings (SSSR count). The van der Waals surface area contributed by atoms with Gasteiger partial charge in [-0.3, -0.25) is 0 Å². The second-order valence-electron chi connectivity index (χ2n) is 2.13. The second-order valence-corrected chi connectivity index (χ2v) is 3.70. The molecule has 0 saturated carbocycles. The van der Waals surface area contributed by atoms with Crippen LogP contribution in [0.15, 0.2) is 0 Å². The zero-order valence-corrected chi connectivity index (χ0v) is 8.71. The molecule has 3 nitrogen and oxygen atoms in total. The topological polar surface area (TPSA) is 27.7 Å². The Morgan fingerprint density at radius 2 is 1.46 bits per heavy atom. The van der Waals surface area contributed by atoms with Crippen LogP contribution < -0.4 is 0 Å². The summed E-state index contributed by atoms with van der Waals surface area (Å²) in [5.41, 5.74) is 0. The van der Waals surface area contributed by atoms with Crippen LogP contribution in [-0.4, -0.2) is 35.5 Å². The largest absolute Gasteiger partial charge is 0.484 e. The highest BCUT2D eigenvalue weighted by Crippen LogP contribution is 2.15. The maximum atomic E-state index is 11.7. The molecular formula is C6H13F3O3Si. The molecule has 0 aliphatic rings. The molecule has 0 heterocycles. The Bertz CT molecular complexity index is 125. The van der Waals surface area contributed by atoms with Crippen LogP contribution in [0.25, 0.3) is 0 Å². The van der Waals surface area contributed by atoms with Gasteiger partial charge in [-0.2, -0.15) is 13.2 Å². The van der Waals surface area contributed by atoms with Crippen LogP contribution in [0.5, 0.6) is 0 Å². The van der Waals surface area contributed by atoms with E-state index < -0.39 is 22.3 Å². The minimum absolute atomic E-state index is 0.300. The molecule has 0 aromatic heterocycles. The van der Waals surface area contributed by atoms with Gasteiger partial charge in [0.25, 0.3) is 0 Å². The minimum Gasteiger partial charge on any atom is -0.376 e. The van der Waals surface area contributed by atoms with Gasteiger partial charge in [-0.15, -0.1) is 0 Å².